The smallest absolute Gasteiger partial charge is 0.327 e. The van der Waals surface area contributed by atoms with Gasteiger partial charge >= 0.3 is 5.97 Å². The topological polar surface area (TPSA) is 38.3 Å². The van der Waals surface area contributed by atoms with Crippen LogP contribution in [0.15, 0.2) is 30.3 Å². The molecule has 1 N–H and O–H groups in total. The molecule has 0 bridgehead atoms. The Kier molecular flexibility index (Phi) is 3.79. The molecule has 2 rings (SSSR count). The number of rotatable bonds is 3. The number of hydrogen-bond donors (Lipinski definition) is 1. The Morgan fingerprint density at radius 2 is 2.06 bits per heavy atom. The van der Waals surface area contributed by atoms with Gasteiger partial charge in [-0.2, -0.15) is 0 Å². The molecular weight excluding hydrogens is 214 g/mol. The van der Waals surface area contributed by atoms with E-state index < -0.39 is 0 Å². The van der Waals surface area contributed by atoms with Crippen molar-refractivity contribution in [2.24, 2.45) is 5.92 Å². The second-order valence-electron chi connectivity index (χ2n) is 4.97. The molecule has 0 amide bonds. The lowest BCUT2D eigenvalue weighted by Crippen LogP contribution is -2.47. The molecule has 3 nitrogen and oxygen atoms in total. The van der Waals surface area contributed by atoms with Crippen molar-refractivity contribution in [2.75, 3.05) is 6.61 Å². The van der Waals surface area contributed by atoms with Crippen molar-refractivity contribution in [3.8, 4) is 0 Å². The van der Waals surface area contributed by atoms with Crippen LogP contribution in [-0.4, -0.2) is 18.6 Å². The first-order valence-corrected chi connectivity index (χ1v) is 6.14. The Bertz CT molecular complexity index is 375. The van der Waals surface area contributed by atoms with Gasteiger partial charge in [-0.05, 0) is 17.9 Å². The molecule has 1 fully saturated rings. The van der Waals surface area contributed by atoms with Crippen LogP contribution < -0.4 is 5.32 Å². The van der Waals surface area contributed by atoms with Gasteiger partial charge in [-0.3, -0.25) is 5.32 Å². The second kappa shape index (κ2) is 5.32. The molecule has 0 radical (unpaired) electrons. The molecule has 2 atom stereocenters. The summed E-state index contributed by atoms with van der Waals surface area (Å²) in [7, 11) is 0. The zero-order valence-electron chi connectivity index (χ0n) is 10.3. The van der Waals surface area contributed by atoms with Crippen LogP contribution in [-0.2, 0) is 9.53 Å². The summed E-state index contributed by atoms with van der Waals surface area (Å²) in [6.07, 6.45) is 1.02. The van der Waals surface area contributed by atoms with Gasteiger partial charge in [0.25, 0.3) is 0 Å². The van der Waals surface area contributed by atoms with E-state index >= 15 is 0 Å². The number of nitrogens with one attached hydrogen (secondary N) is 1. The maximum Gasteiger partial charge on any atom is 0.327 e. The minimum atomic E-state index is -0.311. The van der Waals surface area contributed by atoms with E-state index in [2.05, 4.69) is 19.2 Å². The molecule has 1 aliphatic heterocycles. The first kappa shape index (κ1) is 12.1. The molecule has 17 heavy (non-hydrogen) atoms. The Labute approximate surface area is 102 Å². The molecule has 1 aliphatic rings. The molecule has 3 heteroatoms. The summed E-state index contributed by atoms with van der Waals surface area (Å²) in [4.78, 5) is 11.7. The van der Waals surface area contributed by atoms with Crippen molar-refractivity contribution in [2.45, 2.75) is 32.4 Å². The van der Waals surface area contributed by atoms with Crippen molar-refractivity contribution < 1.29 is 9.53 Å². The van der Waals surface area contributed by atoms with Gasteiger partial charge in [0.05, 0.1) is 0 Å². The van der Waals surface area contributed by atoms with E-state index in [0.29, 0.717) is 12.5 Å². The van der Waals surface area contributed by atoms with E-state index in [1.807, 2.05) is 30.3 Å². The summed E-state index contributed by atoms with van der Waals surface area (Å²) in [6.45, 7) is 4.84. The van der Waals surface area contributed by atoms with Crippen molar-refractivity contribution in [3.05, 3.63) is 35.9 Å². The monoisotopic (exact) mass is 233 g/mol. The van der Waals surface area contributed by atoms with Crippen LogP contribution in [0.2, 0.25) is 0 Å². The molecule has 0 aromatic heterocycles. The zero-order chi connectivity index (χ0) is 12.3. The number of morpholine rings is 1. The lowest BCUT2D eigenvalue weighted by molar-refractivity contribution is -0.152. The lowest BCUT2D eigenvalue weighted by atomic mass is 9.99. The first-order chi connectivity index (χ1) is 8.16. The summed E-state index contributed by atoms with van der Waals surface area (Å²) in [6, 6.07) is 9.69. The third-order valence-electron chi connectivity index (χ3n) is 2.95. The SMILES string of the molecule is CC(C)C[C@@H]1COC(=O)[C@@H](c2ccccc2)N1. The van der Waals surface area contributed by atoms with Gasteiger partial charge < -0.3 is 4.74 Å². The zero-order valence-corrected chi connectivity index (χ0v) is 10.3. The van der Waals surface area contributed by atoms with Crippen molar-refractivity contribution in [3.63, 3.8) is 0 Å². The van der Waals surface area contributed by atoms with E-state index in [-0.39, 0.29) is 18.1 Å². The number of carbonyl (C=O) groups is 1. The molecule has 1 saturated heterocycles. The summed E-state index contributed by atoms with van der Waals surface area (Å²) >= 11 is 0. The average molecular weight is 233 g/mol. The highest BCUT2D eigenvalue weighted by atomic mass is 16.5. The molecule has 0 aliphatic carbocycles. The van der Waals surface area contributed by atoms with Crippen LogP contribution >= 0.6 is 0 Å². The van der Waals surface area contributed by atoms with E-state index in [9.17, 15) is 4.79 Å². The van der Waals surface area contributed by atoms with Gasteiger partial charge in [0.1, 0.15) is 12.6 Å². The minimum absolute atomic E-state index is 0.170. The highest BCUT2D eigenvalue weighted by molar-refractivity contribution is 5.78. The van der Waals surface area contributed by atoms with Crippen LogP contribution in [0.25, 0.3) is 0 Å². The Morgan fingerprint density at radius 3 is 2.71 bits per heavy atom. The lowest BCUT2D eigenvalue weighted by Gasteiger charge is -2.31. The maximum absolute atomic E-state index is 11.7. The third-order valence-corrected chi connectivity index (χ3v) is 2.95. The minimum Gasteiger partial charge on any atom is -0.463 e. The number of carbonyl (C=O) groups excluding carboxylic acids is 1. The molecule has 0 unspecified atom stereocenters. The fourth-order valence-electron chi connectivity index (χ4n) is 2.20. The quantitative estimate of drug-likeness (QED) is 0.814. The van der Waals surface area contributed by atoms with Crippen molar-refractivity contribution in [1.29, 1.82) is 0 Å². The summed E-state index contributed by atoms with van der Waals surface area (Å²) in [5.74, 6) is 0.428. The molecule has 92 valence electrons. The maximum atomic E-state index is 11.7. The molecule has 1 aromatic rings. The summed E-state index contributed by atoms with van der Waals surface area (Å²) < 4.78 is 5.26. The highest BCUT2D eigenvalue weighted by Gasteiger charge is 2.30. The van der Waals surface area contributed by atoms with E-state index in [0.717, 1.165) is 12.0 Å². The summed E-state index contributed by atoms with van der Waals surface area (Å²) in [5.41, 5.74) is 0.978. The fraction of sp³-hybridized carbons (Fsp3) is 0.500. The first-order valence-electron chi connectivity index (χ1n) is 6.14. The van der Waals surface area contributed by atoms with Crippen LogP contribution in [0.4, 0.5) is 0 Å². The van der Waals surface area contributed by atoms with Crippen LogP contribution in [0.5, 0.6) is 0 Å². The number of benzene rings is 1. The van der Waals surface area contributed by atoms with Gasteiger partial charge in [0, 0.05) is 6.04 Å². The van der Waals surface area contributed by atoms with Crippen LogP contribution in [0.3, 0.4) is 0 Å². The fourth-order valence-corrected chi connectivity index (χ4v) is 2.20. The van der Waals surface area contributed by atoms with E-state index in [1.54, 1.807) is 0 Å². The Hall–Kier alpha value is -1.35. The third kappa shape index (κ3) is 3.07. The van der Waals surface area contributed by atoms with Crippen LogP contribution in [0, 0.1) is 5.92 Å². The Balaban J connectivity index is 2.08. The number of ether oxygens (including phenoxy) is 1. The van der Waals surface area contributed by atoms with Gasteiger partial charge in [-0.25, -0.2) is 4.79 Å². The molecule has 0 saturated carbocycles. The van der Waals surface area contributed by atoms with Crippen molar-refractivity contribution in [1.82, 2.24) is 5.32 Å². The van der Waals surface area contributed by atoms with E-state index in [1.165, 1.54) is 0 Å². The van der Waals surface area contributed by atoms with E-state index in [4.69, 9.17) is 4.74 Å². The standard InChI is InChI=1S/C14H19NO2/c1-10(2)8-12-9-17-14(16)13(15-12)11-6-4-3-5-7-11/h3-7,10,12-13,15H,8-9H2,1-2H3/t12-,13-/m1/s1. The van der Waals surface area contributed by atoms with Crippen molar-refractivity contribution >= 4 is 5.97 Å². The molecule has 1 heterocycles. The average Bonchev–Trinajstić information content (AvgIpc) is 2.32. The Morgan fingerprint density at radius 1 is 1.35 bits per heavy atom. The highest BCUT2D eigenvalue weighted by Crippen LogP contribution is 2.21. The summed E-state index contributed by atoms with van der Waals surface area (Å²) in [5, 5.41) is 3.38. The molecule has 0 spiro atoms. The van der Waals surface area contributed by atoms with Gasteiger partial charge in [-0.1, -0.05) is 44.2 Å². The van der Waals surface area contributed by atoms with Crippen LogP contribution in [0.1, 0.15) is 31.9 Å². The predicted molar refractivity (Wildman–Crippen MR) is 66.5 cm³/mol. The predicted octanol–water partition coefficient (Wildman–Crippen LogP) is 2.29. The van der Waals surface area contributed by atoms with Gasteiger partial charge in [0.2, 0.25) is 0 Å². The normalized spacial score (nSPS) is 24.8. The largest absolute Gasteiger partial charge is 0.463 e. The number of hydrogen-bond acceptors (Lipinski definition) is 3. The molecular formula is C14H19NO2. The van der Waals surface area contributed by atoms with Gasteiger partial charge in [0.15, 0.2) is 0 Å². The number of esters is 1. The second-order valence-corrected chi connectivity index (χ2v) is 4.97. The molecule has 1 aromatic carbocycles. The number of cyclic esters (lactones) is 1. The van der Waals surface area contributed by atoms with Gasteiger partial charge in [-0.15, -0.1) is 0 Å².